The molecule has 2 rings (SSSR count). The Morgan fingerprint density at radius 1 is 1.50 bits per heavy atom. The van der Waals surface area contributed by atoms with Crippen molar-refractivity contribution in [3.8, 4) is 0 Å². The number of hydrogen-bond donors (Lipinski definition) is 0. The molecule has 0 unspecified atom stereocenters. The summed E-state index contributed by atoms with van der Waals surface area (Å²) >= 11 is 0. The van der Waals surface area contributed by atoms with E-state index in [1.807, 2.05) is 23.4 Å². The SMILES string of the molecule is C1=CN2CN=CC2=CN=C1. The molecule has 0 saturated carbocycles. The summed E-state index contributed by atoms with van der Waals surface area (Å²) in [5.41, 5.74) is 1.06. The maximum absolute atomic E-state index is 4.08. The van der Waals surface area contributed by atoms with Gasteiger partial charge in [-0.25, -0.2) is 0 Å². The summed E-state index contributed by atoms with van der Waals surface area (Å²) in [6.45, 7) is 0.728. The number of aliphatic imine (C=N–C) groups is 2. The van der Waals surface area contributed by atoms with Gasteiger partial charge in [-0.2, -0.15) is 0 Å². The average molecular weight is 133 g/mol. The Hall–Kier alpha value is -1.38. The number of rotatable bonds is 0. The van der Waals surface area contributed by atoms with Crippen LogP contribution in [0.2, 0.25) is 0 Å². The van der Waals surface area contributed by atoms with E-state index in [0.717, 1.165) is 12.4 Å². The molecule has 2 aliphatic rings. The first-order chi connectivity index (χ1) is 4.97. The van der Waals surface area contributed by atoms with Crippen LogP contribution < -0.4 is 0 Å². The van der Waals surface area contributed by atoms with Gasteiger partial charge in [0.15, 0.2) is 0 Å². The first-order valence-corrected chi connectivity index (χ1v) is 3.13. The fraction of sp³-hybridized carbons (Fsp3) is 0.143. The molecular weight excluding hydrogens is 126 g/mol. The summed E-state index contributed by atoms with van der Waals surface area (Å²) in [4.78, 5) is 10.1. The third-order valence-corrected chi connectivity index (χ3v) is 1.43. The second-order valence-electron chi connectivity index (χ2n) is 2.12. The van der Waals surface area contributed by atoms with Crippen molar-refractivity contribution < 1.29 is 0 Å². The quantitative estimate of drug-likeness (QED) is 0.479. The minimum Gasteiger partial charge on any atom is -0.325 e. The Morgan fingerprint density at radius 2 is 2.50 bits per heavy atom. The van der Waals surface area contributed by atoms with Crippen LogP contribution in [0.5, 0.6) is 0 Å². The molecule has 0 aromatic heterocycles. The highest BCUT2D eigenvalue weighted by Gasteiger charge is 2.08. The largest absolute Gasteiger partial charge is 0.325 e. The van der Waals surface area contributed by atoms with Crippen molar-refractivity contribution in [2.75, 3.05) is 6.67 Å². The highest BCUT2D eigenvalue weighted by atomic mass is 15.2. The molecule has 0 radical (unpaired) electrons. The molecule has 50 valence electrons. The molecule has 0 aromatic carbocycles. The van der Waals surface area contributed by atoms with Gasteiger partial charge in [0.25, 0.3) is 0 Å². The summed E-state index contributed by atoms with van der Waals surface area (Å²) in [6, 6.07) is 0. The molecule has 0 aliphatic carbocycles. The highest BCUT2D eigenvalue weighted by Crippen LogP contribution is 2.10. The van der Waals surface area contributed by atoms with E-state index >= 15 is 0 Å². The standard InChI is InChI=1S/C7H7N3/c1-2-8-4-7-5-9-6-10(7)3-1/h1-5H,6H2. The molecule has 2 heterocycles. The van der Waals surface area contributed by atoms with Crippen molar-refractivity contribution in [3.05, 3.63) is 24.2 Å². The molecule has 3 nitrogen and oxygen atoms in total. The highest BCUT2D eigenvalue weighted by molar-refractivity contribution is 5.82. The van der Waals surface area contributed by atoms with Gasteiger partial charge < -0.3 is 4.90 Å². The number of nitrogens with zero attached hydrogens (tertiary/aromatic N) is 3. The molecule has 0 fully saturated rings. The van der Waals surface area contributed by atoms with Crippen molar-refractivity contribution in [2.45, 2.75) is 0 Å². The van der Waals surface area contributed by atoms with Gasteiger partial charge in [-0.3, -0.25) is 9.98 Å². The van der Waals surface area contributed by atoms with Crippen molar-refractivity contribution >= 4 is 12.4 Å². The lowest BCUT2D eigenvalue weighted by Crippen LogP contribution is -2.09. The van der Waals surface area contributed by atoms with Gasteiger partial charge in [-0.1, -0.05) is 0 Å². The third kappa shape index (κ3) is 0.757. The zero-order valence-electron chi connectivity index (χ0n) is 5.44. The van der Waals surface area contributed by atoms with Crippen LogP contribution in [0.3, 0.4) is 0 Å². The number of hydrogen-bond acceptors (Lipinski definition) is 3. The summed E-state index contributed by atoms with van der Waals surface area (Å²) in [5.74, 6) is 0. The van der Waals surface area contributed by atoms with Crippen LogP contribution >= 0.6 is 0 Å². The predicted octanol–water partition coefficient (Wildman–Crippen LogP) is 0.770. The second-order valence-corrected chi connectivity index (χ2v) is 2.12. The molecule has 0 amide bonds. The van der Waals surface area contributed by atoms with Crippen LogP contribution in [0.1, 0.15) is 0 Å². The molecule has 2 aliphatic heterocycles. The zero-order valence-corrected chi connectivity index (χ0v) is 5.44. The van der Waals surface area contributed by atoms with Gasteiger partial charge in [0.2, 0.25) is 0 Å². The van der Waals surface area contributed by atoms with Gasteiger partial charge in [0.05, 0.1) is 11.9 Å². The predicted molar refractivity (Wildman–Crippen MR) is 40.9 cm³/mol. The fourth-order valence-electron chi connectivity index (χ4n) is 0.930. The molecule has 0 spiro atoms. The van der Waals surface area contributed by atoms with E-state index in [1.54, 1.807) is 12.4 Å². The monoisotopic (exact) mass is 133 g/mol. The van der Waals surface area contributed by atoms with Crippen molar-refractivity contribution in [2.24, 2.45) is 9.98 Å². The van der Waals surface area contributed by atoms with Gasteiger partial charge in [0, 0.05) is 18.6 Å². The van der Waals surface area contributed by atoms with E-state index in [9.17, 15) is 0 Å². The Bertz CT molecular complexity index is 248. The molecular formula is C7H7N3. The van der Waals surface area contributed by atoms with Crippen LogP contribution in [-0.2, 0) is 0 Å². The zero-order chi connectivity index (χ0) is 6.81. The summed E-state index contributed by atoms with van der Waals surface area (Å²) in [7, 11) is 0. The van der Waals surface area contributed by atoms with E-state index < -0.39 is 0 Å². The van der Waals surface area contributed by atoms with E-state index in [4.69, 9.17) is 0 Å². The van der Waals surface area contributed by atoms with Gasteiger partial charge in [-0.15, -0.1) is 0 Å². The number of fused-ring (bicyclic) bond motifs is 1. The van der Waals surface area contributed by atoms with Gasteiger partial charge in [0.1, 0.15) is 6.67 Å². The Labute approximate surface area is 59.1 Å². The Kier molecular flexibility index (Phi) is 1.13. The fourth-order valence-corrected chi connectivity index (χ4v) is 0.930. The summed E-state index contributed by atoms with van der Waals surface area (Å²) in [6.07, 6.45) is 9.26. The molecule has 0 aromatic rings. The molecule has 0 N–H and O–H groups in total. The molecule has 0 atom stereocenters. The second kappa shape index (κ2) is 2.10. The lowest BCUT2D eigenvalue weighted by Gasteiger charge is -2.09. The topological polar surface area (TPSA) is 28.0 Å². The van der Waals surface area contributed by atoms with Crippen molar-refractivity contribution in [3.63, 3.8) is 0 Å². The van der Waals surface area contributed by atoms with Crippen LogP contribution in [-0.4, -0.2) is 24.0 Å². The lowest BCUT2D eigenvalue weighted by molar-refractivity contribution is 0.530. The lowest BCUT2D eigenvalue weighted by atomic mass is 10.5. The first kappa shape index (κ1) is 5.41. The van der Waals surface area contributed by atoms with Crippen LogP contribution in [0.4, 0.5) is 0 Å². The molecule has 10 heavy (non-hydrogen) atoms. The van der Waals surface area contributed by atoms with Crippen LogP contribution in [0.25, 0.3) is 0 Å². The third-order valence-electron chi connectivity index (χ3n) is 1.43. The molecule has 0 bridgehead atoms. The molecule has 0 saturated heterocycles. The van der Waals surface area contributed by atoms with E-state index in [2.05, 4.69) is 9.98 Å². The number of allylic oxidation sites excluding steroid dienone is 2. The van der Waals surface area contributed by atoms with Crippen molar-refractivity contribution in [1.29, 1.82) is 0 Å². The maximum Gasteiger partial charge on any atom is 0.114 e. The maximum atomic E-state index is 4.08. The Morgan fingerprint density at radius 3 is 3.50 bits per heavy atom. The first-order valence-electron chi connectivity index (χ1n) is 3.13. The van der Waals surface area contributed by atoms with Crippen LogP contribution in [0.15, 0.2) is 34.2 Å². The van der Waals surface area contributed by atoms with Gasteiger partial charge in [-0.05, 0) is 6.08 Å². The smallest absolute Gasteiger partial charge is 0.114 e. The summed E-state index contributed by atoms with van der Waals surface area (Å²) < 4.78 is 0. The van der Waals surface area contributed by atoms with Crippen molar-refractivity contribution in [1.82, 2.24) is 4.90 Å². The van der Waals surface area contributed by atoms with Crippen LogP contribution in [0, 0.1) is 0 Å². The van der Waals surface area contributed by atoms with E-state index in [1.165, 1.54) is 0 Å². The van der Waals surface area contributed by atoms with Gasteiger partial charge >= 0.3 is 0 Å². The normalized spacial score (nSPS) is 20.8. The van der Waals surface area contributed by atoms with E-state index in [0.29, 0.717) is 0 Å². The minimum absolute atomic E-state index is 0.728. The van der Waals surface area contributed by atoms with E-state index in [-0.39, 0.29) is 0 Å². The summed E-state index contributed by atoms with van der Waals surface area (Å²) in [5, 5.41) is 0. The molecule has 3 heteroatoms. The Balaban J connectivity index is 2.36. The average Bonchev–Trinajstić information content (AvgIpc) is 2.28. The minimum atomic E-state index is 0.728.